The highest BCUT2D eigenvalue weighted by Gasteiger charge is 2.16. The lowest BCUT2D eigenvalue weighted by atomic mass is 9.91. The van der Waals surface area contributed by atoms with Gasteiger partial charge in [0.05, 0.1) is 0 Å². The Morgan fingerprint density at radius 1 is 0.213 bits per heavy atom. The van der Waals surface area contributed by atoms with E-state index >= 15 is 0 Å². The molecule has 2 heterocycles. The van der Waals surface area contributed by atoms with Crippen LogP contribution in [0.15, 0.2) is 217 Å². The fourth-order valence-electron chi connectivity index (χ4n) is 8.88. The molecule has 0 amide bonds. The first kappa shape index (κ1) is 34.8. The first-order valence-electron chi connectivity index (χ1n) is 20.6. The van der Waals surface area contributed by atoms with Gasteiger partial charge >= 0.3 is 0 Å². The monoisotopic (exact) mass is 777 g/mol. The molecule has 0 unspecified atom stereocenters. The van der Waals surface area contributed by atoms with E-state index in [4.69, 9.17) is 19.4 Å². The molecule has 10 aromatic carbocycles. The van der Waals surface area contributed by atoms with Crippen molar-refractivity contribution in [3.63, 3.8) is 0 Å². The van der Waals surface area contributed by atoms with Gasteiger partial charge in [-0.2, -0.15) is 0 Å². The predicted octanol–water partition coefficient (Wildman–Crippen LogP) is 15.2. The molecule has 12 aromatic rings. The van der Waals surface area contributed by atoms with Crippen LogP contribution < -0.4 is 0 Å². The minimum absolute atomic E-state index is 0.597. The van der Waals surface area contributed by atoms with Gasteiger partial charge in [-0.25, -0.2) is 15.0 Å². The van der Waals surface area contributed by atoms with E-state index in [0.717, 1.165) is 55.3 Å². The highest BCUT2D eigenvalue weighted by molar-refractivity contribution is 6.25. The van der Waals surface area contributed by atoms with Crippen LogP contribution in [0.4, 0.5) is 0 Å². The van der Waals surface area contributed by atoms with E-state index in [2.05, 4.69) is 146 Å². The van der Waals surface area contributed by atoms with Crippen LogP contribution in [0, 0.1) is 0 Å². The second-order valence-corrected chi connectivity index (χ2v) is 15.6. The summed E-state index contributed by atoms with van der Waals surface area (Å²) in [5.41, 5.74) is 11.3. The minimum Gasteiger partial charge on any atom is -0.456 e. The van der Waals surface area contributed by atoms with E-state index in [-0.39, 0.29) is 0 Å². The maximum Gasteiger partial charge on any atom is 0.164 e. The van der Waals surface area contributed by atoms with Gasteiger partial charge in [-0.1, -0.05) is 170 Å². The number of furan rings is 1. The van der Waals surface area contributed by atoms with Crippen LogP contribution in [0.3, 0.4) is 0 Å². The Morgan fingerprint density at radius 2 is 0.541 bits per heavy atom. The van der Waals surface area contributed by atoms with E-state index < -0.39 is 0 Å². The number of benzene rings is 10. The van der Waals surface area contributed by atoms with Crippen LogP contribution in [0.5, 0.6) is 0 Å². The van der Waals surface area contributed by atoms with Gasteiger partial charge in [0.25, 0.3) is 0 Å². The number of aromatic nitrogens is 3. The highest BCUT2D eigenvalue weighted by atomic mass is 16.3. The normalized spacial score (nSPS) is 11.6. The van der Waals surface area contributed by atoms with Crippen LogP contribution in [0.1, 0.15) is 0 Å². The summed E-state index contributed by atoms with van der Waals surface area (Å²) in [6.45, 7) is 0. The van der Waals surface area contributed by atoms with Crippen LogP contribution in [0.25, 0.3) is 122 Å². The topological polar surface area (TPSA) is 51.8 Å². The molecule has 0 aliphatic heterocycles. The molecule has 0 bridgehead atoms. The van der Waals surface area contributed by atoms with Gasteiger partial charge in [-0.15, -0.1) is 0 Å². The molecule has 0 spiro atoms. The van der Waals surface area contributed by atoms with Gasteiger partial charge in [0.2, 0.25) is 0 Å². The number of hydrogen-bond acceptors (Lipinski definition) is 4. The zero-order valence-corrected chi connectivity index (χ0v) is 33.0. The molecule has 0 N–H and O–H groups in total. The van der Waals surface area contributed by atoms with Crippen LogP contribution in [0.2, 0.25) is 0 Å². The van der Waals surface area contributed by atoms with Crippen molar-refractivity contribution in [2.75, 3.05) is 0 Å². The Kier molecular flexibility index (Phi) is 8.13. The van der Waals surface area contributed by atoms with E-state index in [1.54, 1.807) is 0 Å². The van der Waals surface area contributed by atoms with Crippen LogP contribution in [-0.4, -0.2) is 15.0 Å². The van der Waals surface area contributed by atoms with Crippen molar-refractivity contribution in [3.8, 4) is 67.5 Å². The Bertz CT molecular complexity index is 3560. The van der Waals surface area contributed by atoms with E-state index in [1.165, 1.54) is 49.0 Å². The maximum absolute atomic E-state index is 6.60. The summed E-state index contributed by atoms with van der Waals surface area (Å²) in [7, 11) is 0. The van der Waals surface area contributed by atoms with Gasteiger partial charge in [0.15, 0.2) is 17.5 Å². The zero-order valence-electron chi connectivity index (χ0n) is 33.0. The van der Waals surface area contributed by atoms with Crippen molar-refractivity contribution < 1.29 is 4.42 Å². The first-order valence-corrected chi connectivity index (χ1v) is 20.6. The predicted molar refractivity (Wildman–Crippen MR) is 252 cm³/mol. The molecule has 0 fully saturated rings. The molecule has 0 saturated carbocycles. The Hall–Kier alpha value is -8.21. The molecule has 0 atom stereocenters. The van der Waals surface area contributed by atoms with Crippen molar-refractivity contribution in [2.24, 2.45) is 0 Å². The molecular weight excluding hydrogens is 743 g/mol. The average molecular weight is 778 g/mol. The largest absolute Gasteiger partial charge is 0.456 e. The van der Waals surface area contributed by atoms with Crippen LogP contribution >= 0.6 is 0 Å². The summed E-state index contributed by atoms with van der Waals surface area (Å²) in [5.74, 6) is 1.85. The average Bonchev–Trinajstić information content (AvgIpc) is 3.72. The quantitative estimate of drug-likeness (QED) is 0.158. The van der Waals surface area contributed by atoms with E-state index in [0.29, 0.717) is 17.5 Å². The second-order valence-electron chi connectivity index (χ2n) is 15.6. The molecule has 2 aromatic heterocycles. The van der Waals surface area contributed by atoms with E-state index in [1.807, 2.05) is 66.7 Å². The summed E-state index contributed by atoms with van der Waals surface area (Å²) in [5, 5.41) is 9.81. The highest BCUT2D eigenvalue weighted by Crippen LogP contribution is 2.39. The first-order chi connectivity index (χ1) is 30.2. The third-order valence-electron chi connectivity index (χ3n) is 11.9. The van der Waals surface area contributed by atoms with Gasteiger partial charge in [-0.05, 0) is 108 Å². The van der Waals surface area contributed by atoms with Crippen molar-refractivity contribution >= 4 is 54.3 Å². The number of rotatable bonds is 6. The van der Waals surface area contributed by atoms with Crippen LogP contribution in [-0.2, 0) is 0 Å². The van der Waals surface area contributed by atoms with Gasteiger partial charge in [-0.3, -0.25) is 0 Å². The summed E-state index contributed by atoms with van der Waals surface area (Å²) in [6, 6.07) is 74.9. The van der Waals surface area contributed by atoms with Crippen molar-refractivity contribution in [2.45, 2.75) is 0 Å². The molecule has 0 aliphatic carbocycles. The smallest absolute Gasteiger partial charge is 0.164 e. The Morgan fingerprint density at radius 3 is 1.03 bits per heavy atom. The molecule has 0 saturated heterocycles. The maximum atomic E-state index is 6.60. The lowest BCUT2D eigenvalue weighted by Gasteiger charge is -2.13. The van der Waals surface area contributed by atoms with Crippen molar-refractivity contribution in [1.82, 2.24) is 15.0 Å². The molecule has 12 rings (SSSR count). The third kappa shape index (κ3) is 6.12. The zero-order chi connectivity index (χ0) is 40.3. The lowest BCUT2D eigenvalue weighted by Crippen LogP contribution is -2.00. The standard InChI is InChI=1S/C57H35N3O/c1-3-13-36(14-4-1)55-58-56(37-15-5-2-6-16-37)60-57(59-55)44-27-30-51-50-29-26-43(34-53(50)61-54(51)35-44)41-20-12-18-39(32-41)38-17-11-19-40(31-38)42-25-28-49-47-23-8-7-21-45(47)46-22-9-10-24-48(46)52(49)33-42/h1-35H. The minimum atomic E-state index is 0.597. The number of hydrogen-bond donors (Lipinski definition) is 0. The van der Waals surface area contributed by atoms with Crippen molar-refractivity contribution in [3.05, 3.63) is 212 Å². The molecule has 284 valence electrons. The van der Waals surface area contributed by atoms with Crippen molar-refractivity contribution in [1.29, 1.82) is 0 Å². The summed E-state index contributed by atoms with van der Waals surface area (Å²) < 4.78 is 6.60. The van der Waals surface area contributed by atoms with E-state index in [9.17, 15) is 0 Å². The molecular formula is C57H35N3O. The molecule has 0 radical (unpaired) electrons. The summed E-state index contributed by atoms with van der Waals surface area (Å²) in [4.78, 5) is 14.7. The second kappa shape index (κ2) is 14.3. The third-order valence-corrected chi connectivity index (χ3v) is 11.9. The number of nitrogens with zero attached hydrogens (tertiary/aromatic N) is 3. The van der Waals surface area contributed by atoms with Gasteiger partial charge < -0.3 is 4.42 Å². The summed E-state index contributed by atoms with van der Waals surface area (Å²) in [6.07, 6.45) is 0. The fourth-order valence-corrected chi connectivity index (χ4v) is 8.88. The molecule has 4 heteroatoms. The molecule has 61 heavy (non-hydrogen) atoms. The fraction of sp³-hybridized carbons (Fsp3) is 0. The Balaban J connectivity index is 0.886. The Labute approximate surface area is 352 Å². The van der Waals surface area contributed by atoms with Gasteiger partial charge in [0.1, 0.15) is 11.2 Å². The summed E-state index contributed by atoms with van der Waals surface area (Å²) >= 11 is 0. The molecule has 4 nitrogen and oxygen atoms in total. The SMILES string of the molecule is c1ccc(-c2nc(-c3ccccc3)nc(-c3ccc4c(c3)oc3cc(-c5cccc(-c6cccc(-c7ccc8c9ccccc9c9ccccc9c8c7)c6)c5)ccc34)n2)cc1. The lowest BCUT2D eigenvalue weighted by molar-refractivity contribution is 0.669. The number of fused-ring (bicyclic) bond motifs is 9. The van der Waals surface area contributed by atoms with Gasteiger partial charge in [0, 0.05) is 27.5 Å². The molecule has 0 aliphatic rings.